The molecular weight excluding hydrogens is 218 g/mol. The lowest BCUT2D eigenvalue weighted by atomic mass is 10.4. The van der Waals surface area contributed by atoms with Crippen molar-refractivity contribution in [2.24, 2.45) is 5.73 Å². The van der Waals surface area contributed by atoms with Gasteiger partial charge in [-0.05, 0) is 0 Å². The van der Waals surface area contributed by atoms with E-state index in [1.807, 2.05) is 0 Å². The molecule has 0 bridgehead atoms. The summed E-state index contributed by atoms with van der Waals surface area (Å²) in [5, 5.41) is 9.07. The first-order valence-corrected chi connectivity index (χ1v) is 5.22. The number of nitrogens with two attached hydrogens (primary N) is 1. The van der Waals surface area contributed by atoms with Crippen molar-refractivity contribution in [1.29, 1.82) is 0 Å². The molecule has 15 heavy (non-hydrogen) atoms. The quantitative estimate of drug-likeness (QED) is 0.665. The number of amides is 1. The Morgan fingerprint density at radius 2 is 2.33 bits per heavy atom. The van der Waals surface area contributed by atoms with Crippen LogP contribution in [0.15, 0.2) is 17.6 Å². The molecule has 0 saturated carbocycles. The van der Waals surface area contributed by atoms with Crippen LogP contribution in [0.1, 0.15) is 6.42 Å². The predicted octanol–water partition coefficient (Wildman–Crippen LogP) is -0.0648. The molecular formula is C8H11N3O3S. The van der Waals surface area contributed by atoms with E-state index in [0.29, 0.717) is 11.7 Å². The number of carbonyl (C=O) groups is 2. The average molecular weight is 229 g/mol. The van der Waals surface area contributed by atoms with Crippen molar-refractivity contribution in [3.8, 4) is 0 Å². The van der Waals surface area contributed by atoms with Gasteiger partial charge >= 0.3 is 5.97 Å². The lowest BCUT2D eigenvalue weighted by Gasteiger charge is -2.04. The normalized spacial score (nSPS) is 10.1. The standard InChI is InChI=1S/C8H11N3O3S/c9-6(12)1-3-11-4-2-10-8(11)15-5-7(13)14/h2,4H,1,3,5H2,(H2,9,12)(H,13,14). The summed E-state index contributed by atoms with van der Waals surface area (Å²) in [5.41, 5.74) is 5.01. The van der Waals surface area contributed by atoms with E-state index in [4.69, 9.17) is 10.8 Å². The van der Waals surface area contributed by atoms with Gasteiger partial charge in [-0.3, -0.25) is 9.59 Å². The molecule has 0 aliphatic rings. The van der Waals surface area contributed by atoms with Gasteiger partial charge in [0.25, 0.3) is 0 Å². The Hall–Kier alpha value is -1.50. The molecule has 6 nitrogen and oxygen atoms in total. The number of carbonyl (C=O) groups excluding carboxylic acids is 1. The third-order valence-corrected chi connectivity index (χ3v) is 2.59. The van der Waals surface area contributed by atoms with E-state index in [-0.39, 0.29) is 12.2 Å². The highest BCUT2D eigenvalue weighted by Gasteiger charge is 2.06. The highest BCUT2D eigenvalue weighted by Crippen LogP contribution is 2.15. The minimum Gasteiger partial charge on any atom is -0.481 e. The van der Waals surface area contributed by atoms with Crippen molar-refractivity contribution in [2.75, 3.05) is 5.75 Å². The van der Waals surface area contributed by atoms with Gasteiger partial charge in [-0.25, -0.2) is 4.98 Å². The van der Waals surface area contributed by atoms with E-state index in [9.17, 15) is 9.59 Å². The molecule has 0 radical (unpaired) electrons. The number of nitrogens with zero attached hydrogens (tertiary/aromatic N) is 2. The van der Waals surface area contributed by atoms with Gasteiger partial charge in [-0.15, -0.1) is 0 Å². The van der Waals surface area contributed by atoms with Crippen molar-refractivity contribution < 1.29 is 14.7 Å². The van der Waals surface area contributed by atoms with Gasteiger partial charge in [0.15, 0.2) is 5.16 Å². The minimum atomic E-state index is -0.899. The zero-order valence-corrected chi connectivity index (χ0v) is 8.74. The predicted molar refractivity (Wildman–Crippen MR) is 54.4 cm³/mol. The number of imidazole rings is 1. The van der Waals surface area contributed by atoms with Crippen LogP contribution >= 0.6 is 11.8 Å². The van der Waals surface area contributed by atoms with Crippen LogP contribution in [-0.2, 0) is 16.1 Å². The smallest absolute Gasteiger partial charge is 0.313 e. The number of thioether (sulfide) groups is 1. The van der Waals surface area contributed by atoms with Gasteiger partial charge < -0.3 is 15.4 Å². The Balaban J connectivity index is 2.53. The molecule has 0 aromatic carbocycles. The van der Waals surface area contributed by atoms with E-state index >= 15 is 0 Å². The van der Waals surface area contributed by atoms with Crippen LogP contribution in [-0.4, -0.2) is 32.3 Å². The van der Waals surface area contributed by atoms with Crippen LogP contribution in [0.2, 0.25) is 0 Å². The highest BCUT2D eigenvalue weighted by molar-refractivity contribution is 7.99. The molecule has 1 aromatic heterocycles. The fourth-order valence-corrected chi connectivity index (χ4v) is 1.67. The van der Waals surface area contributed by atoms with E-state index in [2.05, 4.69) is 4.98 Å². The monoisotopic (exact) mass is 229 g/mol. The lowest BCUT2D eigenvalue weighted by Crippen LogP contribution is -2.14. The van der Waals surface area contributed by atoms with Gasteiger partial charge in [-0.2, -0.15) is 0 Å². The molecule has 0 fully saturated rings. The molecule has 1 rings (SSSR count). The largest absolute Gasteiger partial charge is 0.481 e. The second-order valence-corrected chi connectivity index (χ2v) is 3.74. The van der Waals surface area contributed by atoms with Gasteiger partial charge in [0, 0.05) is 25.4 Å². The summed E-state index contributed by atoms with van der Waals surface area (Å²) >= 11 is 1.11. The van der Waals surface area contributed by atoms with Crippen molar-refractivity contribution in [1.82, 2.24) is 9.55 Å². The summed E-state index contributed by atoms with van der Waals surface area (Å²) < 4.78 is 1.71. The summed E-state index contributed by atoms with van der Waals surface area (Å²) in [6, 6.07) is 0. The van der Waals surface area contributed by atoms with Crippen molar-refractivity contribution in [3.05, 3.63) is 12.4 Å². The molecule has 7 heteroatoms. The number of hydrogen-bond donors (Lipinski definition) is 2. The van der Waals surface area contributed by atoms with Crippen LogP contribution in [0.25, 0.3) is 0 Å². The Bertz CT molecular complexity index is 331. The number of hydrogen-bond acceptors (Lipinski definition) is 4. The minimum absolute atomic E-state index is 0.0480. The summed E-state index contributed by atoms with van der Waals surface area (Å²) in [7, 11) is 0. The van der Waals surface area contributed by atoms with Crippen LogP contribution in [0, 0.1) is 0 Å². The Morgan fingerprint density at radius 3 is 2.93 bits per heavy atom. The van der Waals surface area contributed by atoms with E-state index < -0.39 is 11.9 Å². The molecule has 1 amide bonds. The topological polar surface area (TPSA) is 98.2 Å². The van der Waals surface area contributed by atoms with Crippen molar-refractivity contribution in [3.63, 3.8) is 0 Å². The number of carboxylic acid groups (broad SMARTS) is 1. The number of aliphatic carboxylic acids is 1. The van der Waals surface area contributed by atoms with Crippen LogP contribution in [0.3, 0.4) is 0 Å². The second-order valence-electron chi connectivity index (χ2n) is 2.80. The third kappa shape index (κ3) is 4.03. The van der Waals surface area contributed by atoms with Crippen molar-refractivity contribution in [2.45, 2.75) is 18.1 Å². The fourth-order valence-electron chi connectivity index (χ4n) is 0.963. The first-order valence-electron chi connectivity index (χ1n) is 4.23. The maximum Gasteiger partial charge on any atom is 0.313 e. The number of primary amides is 1. The second kappa shape index (κ2) is 5.40. The molecule has 0 saturated heterocycles. The van der Waals surface area contributed by atoms with Crippen molar-refractivity contribution >= 4 is 23.6 Å². The molecule has 1 aromatic rings. The van der Waals surface area contributed by atoms with Gasteiger partial charge in [0.05, 0.1) is 5.75 Å². The van der Waals surface area contributed by atoms with Gasteiger partial charge in [-0.1, -0.05) is 11.8 Å². The Morgan fingerprint density at radius 1 is 1.60 bits per heavy atom. The molecule has 0 atom stereocenters. The maximum atomic E-state index is 10.6. The zero-order valence-electron chi connectivity index (χ0n) is 7.92. The Kier molecular flexibility index (Phi) is 4.17. The molecule has 0 aliphatic carbocycles. The number of aromatic nitrogens is 2. The maximum absolute atomic E-state index is 10.6. The highest BCUT2D eigenvalue weighted by atomic mass is 32.2. The van der Waals surface area contributed by atoms with E-state index in [1.54, 1.807) is 17.0 Å². The third-order valence-electron chi connectivity index (χ3n) is 1.60. The van der Waals surface area contributed by atoms with E-state index in [0.717, 1.165) is 11.8 Å². The summed E-state index contributed by atoms with van der Waals surface area (Å²) in [6.07, 6.45) is 3.47. The first kappa shape index (κ1) is 11.6. The van der Waals surface area contributed by atoms with Crippen LogP contribution < -0.4 is 5.73 Å². The molecule has 0 aliphatic heterocycles. The van der Waals surface area contributed by atoms with Crippen LogP contribution in [0.5, 0.6) is 0 Å². The molecule has 1 heterocycles. The summed E-state index contributed by atoms with van der Waals surface area (Å²) in [6.45, 7) is 0.428. The van der Waals surface area contributed by atoms with E-state index in [1.165, 1.54) is 0 Å². The first-order chi connectivity index (χ1) is 7.09. The Labute approximate surface area is 90.5 Å². The lowest BCUT2D eigenvalue weighted by molar-refractivity contribution is -0.134. The SMILES string of the molecule is NC(=O)CCn1ccnc1SCC(=O)O. The van der Waals surface area contributed by atoms with Crippen LogP contribution in [0.4, 0.5) is 0 Å². The van der Waals surface area contributed by atoms with Gasteiger partial charge in [0.2, 0.25) is 5.91 Å². The summed E-state index contributed by atoms with van der Waals surface area (Å²) in [4.78, 5) is 24.9. The summed E-state index contributed by atoms with van der Waals surface area (Å²) in [5.74, 6) is -1.34. The number of carboxylic acids is 1. The molecule has 0 spiro atoms. The van der Waals surface area contributed by atoms with Gasteiger partial charge in [0.1, 0.15) is 0 Å². The molecule has 3 N–H and O–H groups in total. The number of aryl methyl sites for hydroxylation is 1. The fraction of sp³-hybridized carbons (Fsp3) is 0.375. The number of rotatable bonds is 6. The zero-order chi connectivity index (χ0) is 11.3. The molecule has 82 valence electrons. The average Bonchev–Trinajstić information content (AvgIpc) is 2.58. The molecule has 0 unspecified atom stereocenters.